The van der Waals surface area contributed by atoms with E-state index in [9.17, 15) is 14.7 Å². The van der Waals surface area contributed by atoms with E-state index in [0.29, 0.717) is 36.4 Å². The van der Waals surface area contributed by atoms with Gasteiger partial charge >= 0.3 is 0 Å². The van der Waals surface area contributed by atoms with Gasteiger partial charge in [0.15, 0.2) is 0 Å². The van der Waals surface area contributed by atoms with Gasteiger partial charge in [0.2, 0.25) is 0 Å². The highest BCUT2D eigenvalue weighted by Gasteiger charge is 2.58. The maximum Gasteiger partial charge on any atom is 0.252 e. The van der Waals surface area contributed by atoms with E-state index in [2.05, 4.69) is 6.92 Å². The SMILES string of the molecule is C[C@H](C1CCC1)C1CC[C@]23CC(=O)CC[C@H]2[C@H]1Cc1ccc(C(N)=O)c(O)c13. The summed E-state index contributed by atoms with van der Waals surface area (Å²) in [6.07, 6.45) is 9.27. The quantitative estimate of drug-likeness (QED) is 0.826. The second-order valence-corrected chi connectivity index (χ2v) is 10.00. The van der Waals surface area contributed by atoms with E-state index in [1.165, 1.54) is 19.3 Å². The predicted molar refractivity (Wildman–Crippen MR) is 107 cm³/mol. The molecule has 0 saturated heterocycles. The van der Waals surface area contributed by atoms with Gasteiger partial charge in [0.05, 0.1) is 5.56 Å². The largest absolute Gasteiger partial charge is 0.507 e. The van der Waals surface area contributed by atoms with E-state index in [-0.39, 0.29) is 16.7 Å². The number of carbonyl (C=O) groups is 2. The number of aromatic hydroxyl groups is 1. The third kappa shape index (κ3) is 2.42. The fourth-order valence-electron chi connectivity index (χ4n) is 7.47. The Morgan fingerprint density at radius 1 is 1.25 bits per heavy atom. The van der Waals surface area contributed by atoms with Crippen molar-refractivity contribution in [3.63, 3.8) is 0 Å². The zero-order valence-electron chi connectivity index (χ0n) is 16.7. The van der Waals surface area contributed by atoms with E-state index in [1.807, 2.05) is 6.07 Å². The van der Waals surface area contributed by atoms with Crippen molar-refractivity contribution in [2.45, 2.75) is 70.1 Å². The number of primary amides is 1. The van der Waals surface area contributed by atoms with Gasteiger partial charge in [-0.3, -0.25) is 9.59 Å². The molecule has 1 aromatic rings. The summed E-state index contributed by atoms with van der Waals surface area (Å²) < 4.78 is 0. The van der Waals surface area contributed by atoms with E-state index in [1.54, 1.807) is 6.07 Å². The topological polar surface area (TPSA) is 80.4 Å². The molecular formula is C24H31NO3. The van der Waals surface area contributed by atoms with Gasteiger partial charge in [0.25, 0.3) is 5.91 Å². The first-order valence-corrected chi connectivity index (χ1v) is 11.1. The van der Waals surface area contributed by atoms with Crippen LogP contribution in [0.25, 0.3) is 0 Å². The molecule has 150 valence electrons. The second kappa shape index (κ2) is 6.33. The van der Waals surface area contributed by atoms with E-state index in [4.69, 9.17) is 5.73 Å². The molecular weight excluding hydrogens is 350 g/mol. The first-order chi connectivity index (χ1) is 13.4. The van der Waals surface area contributed by atoms with Gasteiger partial charge in [-0.15, -0.1) is 0 Å². The smallest absolute Gasteiger partial charge is 0.252 e. The number of ketones is 1. The number of carbonyl (C=O) groups excluding carboxylic acids is 2. The lowest BCUT2D eigenvalue weighted by atomic mass is 9.44. The summed E-state index contributed by atoms with van der Waals surface area (Å²) in [5.74, 6) is 3.11. The first-order valence-electron chi connectivity index (χ1n) is 11.1. The van der Waals surface area contributed by atoms with Crippen LogP contribution < -0.4 is 5.73 Å². The zero-order chi connectivity index (χ0) is 19.6. The molecule has 4 nitrogen and oxygen atoms in total. The number of hydrogen-bond donors (Lipinski definition) is 2. The lowest BCUT2D eigenvalue weighted by molar-refractivity contribution is -0.128. The highest BCUT2D eigenvalue weighted by molar-refractivity contribution is 5.96. The second-order valence-electron chi connectivity index (χ2n) is 10.00. The van der Waals surface area contributed by atoms with Crippen molar-refractivity contribution in [2.24, 2.45) is 35.3 Å². The molecule has 3 fully saturated rings. The Morgan fingerprint density at radius 2 is 2.04 bits per heavy atom. The standard InChI is InChI=1S/C24H31NO3/c1-13(14-3-2-4-14)17-9-10-24-12-16(26)6-8-20(24)19(17)11-15-5-7-18(23(25)28)22(27)21(15)24/h5,7,13-14,17,19-20,27H,2-4,6,8-12H2,1H3,(H2,25,28)/t13-,17?,19+,20+,24+/m1/s1. The Morgan fingerprint density at radius 3 is 2.71 bits per heavy atom. The average Bonchev–Trinajstić information content (AvgIpc) is 2.59. The van der Waals surface area contributed by atoms with Crippen molar-refractivity contribution in [3.8, 4) is 5.75 Å². The summed E-state index contributed by atoms with van der Waals surface area (Å²) in [6, 6.07) is 3.67. The van der Waals surface area contributed by atoms with Crippen molar-refractivity contribution < 1.29 is 14.7 Å². The van der Waals surface area contributed by atoms with Gasteiger partial charge in [-0.25, -0.2) is 0 Å². The molecule has 1 amide bonds. The number of rotatable bonds is 3. The number of nitrogens with two attached hydrogens (primary N) is 1. The molecule has 0 aliphatic heterocycles. The molecule has 28 heavy (non-hydrogen) atoms. The Labute approximate surface area is 166 Å². The lowest BCUT2D eigenvalue weighted by Gasteiger charge is -2.59. The van der Waals surface area contributed by atoms with Crippen molar-refractivity contribution in [2.75, 3.05) is 0 Å². The van der Waals surface area contributed by atoms with Gasteiger partial charge in [-0.2, -0.15) is 0 Å². The number of Topliss-reactive ketones (excluding diaryl/α,β-unsaturated/α-hetero) is 1. The monoisotopic (exact) mass is 381 g/mol. The Balaban J connectivity index is 1.62. The van der Waals surface area contributed by atoms with Crippen LogP contribution in [0.4, 0.5) is 0 Å². The summed E-state index contributed by atoms with van der Waals surface area (Å²) in [4.78, 5) is 24.4. The van der Waals surface area contributed by atoms with Crippen molar-refractivity contribution in [3.05, 3.63) is 28.8 Å². The van der Waals surface area contributed by atoms with Crippen molar-refractivity contribution >= 4 is 11.7 Å². The molecule has 5 atom stereocenters. The third-order valence-corrected chi connectivity index (χ3v) is 9.00. The fourth-order valence-corrected chi connectivity index (χ4v) is 7.47. The Kier molecular flexibility index (Phi) is 4.12. The van der Waals surface area contributed by atoms with Gasteiger partial charge in [-0.1, -0.05) is 32.3 Å². The number of hydrogen-bond acceptors (Lipinski definition) is 3. The summed E-state index contributed by atoms with van der Waals surface area (Å²) in [6.45, 7) is 2.46. The van der Waals surface area contributed by atoms with Crippen molar-refractivity contribution in [1.29, 1.82) is 0 Å². The summed E-state index contributed by atoms with van der Waals surface area (Å²) in [5, 5.41) is 11.0. The van der Waals surface area contributed by atoms with Gasteiger partial charge < -0.3 is 10.8 Å². The van der Waals surface area contributed by atoms with E-state index < -0.39 is 5.91 Å². The molecule has 5 rings (SSSR count). The highest BCUT2D eigenvalue weighted by Crippen LogP contribution is 2.63. The highest BCUT2D eigenvalue weighted by atomic mass is 16.3. The molecule has 0 heterocycles. The number of phenols is 1. The van der Waals surface area contributed by atoms with Gasteiger partial charge in [0, 0.05) is 23.8 Å². The Hall–Kier alpha value is -1.84. The van der Waals surface area contributed by atoms with Crippen LogP contribution in [0.15, 0.2) is 12.1 Å². The van der Waals surface area contributed by atoms with Crippen LogP contribution in [-0.2, 0) is 16.6 Å². The summed E-state index contributed by atoms with van der Waals surface area (Å²) >= 11 is 0. The van der Waals surface area contributed by atoms with Crippen LogP contribution in [0.1, 0.15) is 79.8 Å². The third-order valence-electron chi connectivity index (χ3n) is 9.00. The fraction of sp³-hybridized carbons (Fsp3) is 0.667. The molecule has 4 heteroatoms. The molecule has 4 aliphatic rings. The molecule has 0 spiro atoms. The predicted octanol–water partition coefficient (Wildman–Crippen LogP) is 4.12. The minimum Gasteiger partial charge on any atom is -0.507 e. The van der Waals surface area contributed by atoms with Crippen LogP contribution in [0, 0.1) is 29.6 Å². The average molecular weight is 382 g/mol. The molecule has 0 radical (unpaired) electrons. The molecule has 1 aromatic carbocycles. The maximum absolute atomic E-state index is 12.6. The summed E-state index contributed by atoms with van der Waals surface area (Å²) in [7, 11) is 0. The molecule has 4 aliphatic carbocycles. The minimum absolute atomic E-state index is 0.0497. The first kappa shape index (κ1) is 18.2. The zero-order valence-corrected chi connectivity index (χ0v) is 16.7. The van der Waals surface area contributed by atoms with E-state index >= 15 is 0 Å². The molecule has 1 unspecified atom stereocenters. The number of amides is 1. The molecule has 0 aromatic heterocycles. The number of fused-ring (bicyclic) bond motifs is 1. The normalized spacial score (nSPS) is 35.5. The Bertz CT molecular complexity index is 842. The van der Waals surface area contributed by atoms with Crippen LogP contribution in [0.2, 0.25) is 0 Å². The number of benzene rings is 1. The van der Waals surface area contributed by atoms with Crippen molar-refractivity contribution in [1.82, 2.24) is 0 Å². The van der Waals surface area contributed by atoms with Gasteiger partial charge in [-0.05, 0) is 66.9 Å². The van der Waals surface area contributed by atoms with E-state index in [0.717, 1.165) is 48.6 Å². The van der Waals surface area contributed by atoms with Crippen LogP contribution in [0.5, 0.6) is 5.75 Å². The molecule has 3 N–H and O–H groups in total. The van der Waals surface area contributed by atoms with Crippen LogP contribution in [0.3, 0.4) is 0 Å². The molecule has 2 bridgehead atoms. The summed E-state index contributed by atoms with van der Waals surface area (Å²) in [5.41, 5.74) is 7.45. The van der Waals surface area contributed by atoms with Crippen LogP contribution >= 0.6 is 0 Å². The molecule has 3 saturated carbocycles. The maximum atomic E-state index is 12.6. The minimum atomic E-state index is -0.593. The van der Waals surface area contributed by atoms with Gasteiger partial charge in [0.1, 0.15) is 11.5 Å². The van der Waals surface area contributed by atoms with Crippen LogP contribution in [-0.4, -0.2) is 16.8 Å². The lowest BCUT2D eigenvalue weighted by Crippen LogP contribution is -2.55.